The fourth-order valence-corrected chi connectivity index (χ4v) is 0.248. The molecule has 0 bridgehead atoms. The average molecular weight is 114 g/mol. The van der Waals surface area contributed by atoms with Gasteiger partial charge in [-0.2, -0.15) is 10.3 Å². The van der Waals surface area contributed by atoms with Crippen molar-refractivity contribution in [3.8, 4) is 6.19 Å². The summed E-state index contributed by atoms with van der Waals surface area (Å²) < 4.78 is 0. The third-order valence-electron chi connectivity index (χ3n) is 0.503. The molecule has 0 aliphatic rings. The van der Waals surface area contributed by atoms with E-state index in [9.17, 15) is 0 Å². The van der Waals surface area contributed by atoms with E-state index >= 15 is 0 Å². The highest BCUT2D eigenvalue weighted by atomic mass is 32.2. The van der Waals surface area contributed by atoms with Gasteiger partial charge in [0, 0.05) is 0 Å². The predicted molar refractivity (Wildman–Crippen MR) is 32.2 cm³/mol. The highest BCUT2D eigenvalue weighted by Crippen LogP contribution is 1.93. The molecule has 0 amide bonds. The first-order valence-electron chi connectivity index (χ1n) is 1.78. The lowest BCUT2D eigenvalue weighted by molar-refractivity contribution is 1.44. The Kier molecular flexibility index (Phi) is 3.43. The number of nitrogens with zero attached hydrogens (tertiary/aromatic N) is 2. The molecule has 38 valence electrons. The van der Waals surface area contributed by atoms with Crippen molar-refractivity contribution in [1.29, 1.82) is 5.26 Å². The Hall–Kier alpha value is -0.490. The fourth-order valence-electron chi connectivity index (χ4n) is 0.116. The van der Waals surface area contributed by atoms with Crippen molar-refractivity contribution in [2.75, 3.05) is 6.26 Å². The minimum absolute atomic E-state index is 0.808. The molecule has 0 aromatic carbocycles. The molecule has 0 aliphatic heterocycles. The summed E-state index contributed by atoms with van der Waals surface area (Å²) in [6, 6.07) is 0. The number of thioether (sulfide) groups is 1. The summed E-state index contributed by atoms with van der Waals surface area (Å²) in [6.07, 6.45) is 3.57. The smallest absolute Gasteiger partial charge is 0.172 e. The van der Waals surface area contributed by atoms with Crippen LogP contribution in [-0.2, 0) is 0 Å². The maximum absolute atomic E-state index is 7.92. The van der Waals surface area contributed by atoms with Gasteiger partial charge in [0.05, 0.1) is 5.04 Å². The average Bonchev–Trinajstić information content (AvgIpc) is 1.68. The minimum atomic E-state index is 0.808. The Morgan fingerprint density at radius 3 is 2.57 bits per heavy atom. The molecule has 0 rings (SSSR count). The van der Waals surface area contributed by atoms with E-state index < -0.39 is 0 Å². The predicted octanol–water partition coefficient (Wildman–Crippen LogP) is 1.25. The van der Waals surface area contributed by atoms with Crippen LogP contribution in [0.2, 0.25) is 0 Å². The molecule has 0 unspecified atom stereocenters. The normalized spacial score (nSPS) is 10.7. The Morgan fingerprint density at radius 2 is 2.43 bits per heavy atom. The molecule has 0 atom stereocenters. The molecule has 0 saturated carbocycles. The maximum atomic E-state index is 7.92. The second-order valence-corrected chi connectivity index (χ2v) is 1.93. The topological polar surface area (TPSA) is 36.1 Å². The zero-order valence-corrected chi connectivity index (χ0v) is 5.12. The molecule has 0 aromatic rings. The van der Waals surface area contributed by atoms with E-state index in [-0.39, 0.29) is 0 Å². The zero-order chi connectivity index (χ0) is 5.70. The standard InChI is InChI=1S/C4H6N2S/c1-4(7-2)6-3-5/h1-2H3/b6-4-. The molecule has 0 aliphatic carbocycles. The fraction of sp³-hybridized carbons (Fsp3) is 0.500. The monoisotopic (exact) mass is 114 g/mol. The third-order valence-corrected chi connectivity index (χ3v) is 1.18. The van der Waals surface area contributed by atoms with Gasteiger partial charge in [0.25, 0.3) is 0 Å². The van der Waals surface area contributed by atoms with Crippen molar-refractivity contribution in [3.05, 3.63) is 0 Å². The maximum Gasteiger partial charge on any atom is 0.206 e. The molecule has 7 heavy (non-hydrogen) atoms. The van der Waals surface area contributed by atoms with Crippen LogP contribution in [0, 0.1) is 11.5 Å². The summed E-state index contributed by atoms with van der Waals surface area (Å²) in [4.78, 5) is 3.43. The summed E-state index contributed by atoms with van der Waals surface area (Å²) >= 11 is 1.48. The van der Waals surface area contributed by atoms with Crippen molar-refractivity contribution in [1.82, 2.24) is 0 Å². The molecule has 0 spiro atoms. The number of rotatable bonds is 0. The van der Waals surface area contributed by atoms with Crippen LogP contribution in [0.3, 0.4) is 0 Å². The van der Waals surface area contributed by atoms with Gasteiger partial charge in [0.1, 0.15) is 0 Å². The van der Waals surface area contributed by atoms with Gasteiger partial charge in [-0.15, -0.1) is 11.8 Å². The second-order valence-electron chi connectivity index (χ2n) is 0.935. The molecule has 0 heterocycles. The lowest BCUT2D eigenvalue weighted by Gasteiger charge is -1.81. The molecule has 2 nitrogen and oxygen atoms in total. The highest BCUT2D eigenvalue weighted by molar-refractivity contribution is 8.13. The van der Waals surface area contributed by atoms with E-state index in [1.165, 1.54) is 11.8 Å². The Morgan fingerprint density at radius 1 is 1.86 bits per heavy atom. The number of hydrogen-bond acceptors (Lipinski definition) is 3. The van der Waals surface area contributed by atoms with Gasteiger partial charge in [-0.25, -0.2) is 0 Å². The number of hydrogen-bond donors (Lipinski definition) is 0. The van der Waals surface area contributed by atoms with E-state index in [1.807, 2.05) is 6.26 Å². The van der Waals surface area contributed by atoms with Gasteiger partial charge in [0.2, 0.25) is 6.19 Å². The van der Waals surface area contributed by atoms with Crippen molar-refractivity contribution >= 4 is 16.8 Å². The van der Waals surface area contributed by atoms with Crippen LogP contribution < -0.4 is 0 Å². The van der Waals surface area contributed by atoms with Crippen LogP contribution in [-0.4, -0.2) is 11.3 Å². The van der Waals surface area contributed by atoms with Gasteiger partial charge in [0.15, 0.2) is 0 Å². The SMILES string of the molecule is CS/C(C)=N\C#N. The lowest BCUT2D eigenvalue weighted by Crippen LogP contribution is -1.76. The van der Waals surface area contributed by atoms with Crippen molar-refractivity contribution in [3.63, 3.8) is 0 Å². The minimum Gasteiger partial charge on any atom is -0.172 e. The van der Waals surface area contributed by atoms with Crippen LogP contribution in [0.15, 0.2) is 4.99 Å². The molecule has 0 fully saturated rings. The first-order chi connectivity index (χ1) is 3.31. The molecule has 0 aromatic heterocycles. The Balaban J connectivity index is 3.56. The van der Waals surface area contributed by atoms with Gasteiger partial charge in [-0.05, 0) is 13.2 Å². The third kappa shape index (κ3) is 3.34. The van der Waals surface area contributed by atoms with E-state index in [0.717, 1.165) is 5.04 Å². The van der Waals surface area contributed by atoms with E-state index in [4.69, 9.17) is 5.26 Å². The van der Waals surface area contributed by atoms with Crippen LogP contribution in [0.5, 0.6) is 0 Å². The molecular formula is C4H6N2S. The molecule has 3 heteroatoms. The number of nitriles is 1. The lowest BCUT2D eigenvalue weighted by atomic mass is 10.9. The first kappa shape index (κ1) is 6.51. The van der Waals surface area contributed by atoms with Crippen LogP contribution in [0.4, 0.5) is 0 Å². The molecular weight excluding hydrogens is 108 g/mol. The van der Waals surface area contributed by atoms with E-state index in [0.29, 0.717) is 0 Å². The highest BCUT2D eigenvalue weighted by Gasteiger charge is 1.79. The second kappa shape index (κ2) is 3.69. The van der Waals surface area contributed by atoms with Crippen LogP contribution in [0.1, 0.15) is 6.92 Å². The summed E-state index contributed by atoms with van der Waals surface area (Å²) in [5, 5.41) is 8.72. The summed E-state index contributed by atoms with van der Waals surface area (Å²) in [5.74, 6) is 0. The summed E-state index contributed by atoms with van der Waals surface area (Å²) in [5.41, 5.74) is 0. The number of aliphatic imine (C=N–C) groups is 1. The Labute approximate surface area is 47.2 Å². The van der Waals surface area contributed by atoms with Gasteiger partial charge in [-0.1, -0.05) is 0 Å². The first-order valence-corrected chi connectivity index (χ1v) is 3.01. The van der Waals surface area contributed by atoms with Gasteiger partial charge in [-0.3, -0.25) is 0 Å². The molecule has 0 saturated heterocycles. The van der Waals surface area contributed by atoms with Crippen molar-refractivity contribution < 1.29 is 0 Å². The van der Waals surface area contributed by atoms with Crippen LogP contribution in [0.25, 0.3) is 0 Å². The molecule has 0 radical (unpaired) electrons. The summed E-state index contributed by atoms with van der Waals surface area (Å²) in [6.45, 7) is 1.80. The quantitative estimate of drug-likeness (QED) is 0.270. The van der Waals surface area contributed by atoms with Gasteiger partial charge < -0.3 is 0 Å². The van der Waals surface area contributed by atoms with Crippen molar-refractivity contribution in [2.24, 2.45) is 4.99 Å². The summed E-state index contributed by atoms with van der Waals surface area (Å²) in [7, 11) is 0. The Bertz CT molecular complexity index is 111. The largest absolute Gasteiger partial charge is 0.206 e. The van der Waals surface area contributed by atoms with Crippen LogP contribution >= 0.6 is 11.8 Å². The van der Waals surface area contributed by atoms with Crippen molar-refractivity contribution in [2.45, 2.75) is 6.92 Å². The van der Waals surface area contributed by atoms with Gasteiger partial charge >= 0.3 is 0 Å². The van der Waals surface area contributed by atoms with E-state index in [2.05, 4.69) is 4.99 Å². The molecule has 0 N–H and O–H groups in total. The van der Waals surface area contributed by atoms with E-state index in [1.54, 1.807) is 13.1 Å². The zero-order valence-electron chi connectivity index (χ0n) is 4.30.